The number of nitrogens with one attached hydrogen (secondary N) is 2. The molecule has 1 aromatic carbocycles. The van der Waals surface area contributed by atoms with Crippen LogP contribution in [0.2, 0.25) is 5.02 Å². The Balaban J connectivity index is 1.23. The molecule has 8 heteroatoms. The molecule has 3 fully saturated rings. The third-order valence-electron chi connectivity index (χ3n) is 6.20. The quantitative estimate of drug-likeness (QED) is 0.772. The molecule has 0 radical (unpaired) electrons. The molecule has 0 spiro atoms. The lowest BCUT2D eigenvalue weighted by Gasteiger charge is -2.36. The number of nitrogens with zero attached hydrogens (tertiary/aromatic N) is 3. The summed E-state index contributed by atoms with van der Waals surface area (Å²) in [5, 5.41) is 0.703. The molecule has 7 nitrogen and oxygen atoms in total. The van der Waals surface area contributed by atoms with E-state index in [9.17, 15) is 9.59 Å². The number of hydrazine groups is 1. The Hall–Kier alpha value is -1.67. The van der Waals surface area contributed by atoms with Gasteiger partial charge in [-0.15, -0.1) is 0 Å². The van der Waals surface area contributed by atoms with Crippen molar-refractivity contribution in [3.05, 3.63) is 34.9 Å². The number of carbonyl (C=O) groups excluding carboxylic acids is 2. The van der Waals surface area contributed by atoms with E-state index in [1.165, 1.54) is 6.42 Å². The number of hydrogen-bond donors (Lipinski definition) is 2. The van der Waals surface area contributed by atoms with Crippen LogP contribution in [0.25, 0.3) is 0 Å². The molecule has 3 aliphatic rings. The minimum atomic E-state index is -0.236. The van der Waals surface area contributed by atoms with Gasteiger partial charge in [0.2, 0.25) is 11.8 Å². The minimum absolute atomic E-state index is 0.0751. The van der Waals surface area contributed by atoms with Gasteiger partial charge in [-0.25, -0.2) is 10.9 Å². The molecule has 0 aliphatic carbocycles. The summed E-state index contributed by atoms with van der Waals surface area (Å²) in [5.41, 5.74) is 7.46. The van der Waals surface area contributed by atoms with E-state index in [0.717, 1.165) is 44.6 Å². The fourth-order valence-corrected chi connectivity index (χ4v) is 4.64. The molecular weight excluding hydrogens is 390 g/mol. The van der Waals surface area contributed by atoms with E-state index in [0.29, 0.717) is 31.1 Å². The zero-order valence-electron chi connectivity index (χ0n) is 16.8. The molecule has 0 saturated carbocycles. The number of piperazine rings is 1. The van der Waals surface area contributed by atoms with Gasteiger partial charge in [-0.3, -0.25) is 14.5 Å². The van der Waals surface area contributed by atoms with Crippen molar-refractivity contribution in [2.75, 3.05) is 45.8 Å². The average Bonchev–Trinajstić information content (AvgIpc) is 3.25. The van der Waals surface area contributed by atoms with Crippen molar-refractivity contribution in [3.63, 3.8) is 0 Å². The molecule has 2 N–H and O–H groups in total. The first-order valence-electron chi connectivity index (χ1n) is 10.7. The van der Waals surface area contributed by atoms with Crippen LogP contribution in [0.3, 0.4) is 0 Å². The maximum Gasteiger partial charge on any atom is 0.241 e. The van der Waals surface area contributed by atoms with E-state index in [-0.39, 0.29) is 23.9 Å². The SMILES string of the molecule is O=C(CN1CCN(C(=O)C2CC(c3cccc(Cl)c3)NN2)CC1)N1CCCCC1. The van der Waals surface area contributed by atoms with Gasteiger partial charge in [0.15, 0.2) is 0 Å². The minimum Gasteiger partial charge on any atom is -0.342 e. The second kappa shape index (κ2) is 9.43. The lowest BCUT2D eigenvalue weighted by atomic mass is 10.0. The zero-order chi connectivity index (χ0) is 20.2. The summed E-state index contributed by atoms with van der Waals surface area (Å²) in [5.74, 6) is 0.361. The second-order valence-corrected chi connectivity index (χ2v) is 8.66. The Labute approximate surface area is 177 Å². The van der Waals surface area contributed by atoms with Crippen LogP contribution in [0, 0.1) is 0 Å². The van der Waals surface area contributed by atoms with Crippen LogP contribution in [0.4, 0.5) is 0 Å². The van der Waals surface area contributed by atoms with Crippen molar-refractivity contribution >= 4 is 23.4 Å². The van der Waals surface area contributed by atoms with Gasteiger partial charge in [0.05, 0.1) is 6.54 Å². The van der Waals surface area contributed by atoms with Crippen LogP contribution in [0.15, 0.2) is 24.3 Å². The maximum absolute atomic E-state index is 12.9. The predicted octanol–water partition coefficient (Wildman–Crippen LogP) is 1.40. The highest BCUT2D eigenvalue weighted by Crippen LogP contribution is 2.25. The van der Waals surface area contributed by atoms with Crippen LogP contribution in [-0.4, -0.2) is 78.4 Å². The van der Waals surface area contributed by atoms with Crippen LogP contribution in [0.5, 0.6) is 0 Å². The Morgan fingerprint density at radius 2 is 1.72 bits per heavy atom. The largest absolute Gasteiger partial charge is 0.342 e. The lowest BCUT2D eigenvalue weighted by molar-refractivity contribution is -0.136. The van der Waals surface area contributed by atoms with Gasteiger partial charge in [-0.05, 0) is 43.4 Å². The summed E-state index contributed by atoms with van der Waals surface area (Å²) < 4.78 is 0. The molecule has 0 bridgehead atoms. The van der Waals surface area contributed by atoms with Crippen LogP contribution in [0.1, 0.15) is 37.3 Å². The molecule has 2 atom stereocenters. The van der Waals surface area contributed by atoms with Crippen LogP contribution < -0.4 is 10.9 Å². The monoisotopic (exact) mass is 419 g/mol. The molecule has 3 heterocycles. The number of benzene rings is 1. The first kappa shape index (κ1) is 20.6. The highest BCUT2D eigenvalue weighted by Gasteiger charge is 2.34. The van der Waals surface area contributed by atoms with E-state index < -0.39 is 0 Å². The number of likely N-dealkylation sites (tertiary alicyclic amines) is 1. The van der Waals surface area contributed by atoms with Crippen LogP contribution in [-0.2, 0) is 9.59 Å². The molecule has 0 aromatic heterocycles. The molecule has 3 saturated heterocycles. The first-order chi connectivity index (χ1) is 14.1. The summed E-state index contributed by atoms with van der Waals surface area (Å²) in [7, 11) is 0. The summed E-state index contributed by atoms with van der Waals surface area (Å²) >= 11 is 6.09. The van der Waals surface area contributed by atoms with Crippen molar-refractivity contribution in [2.24, 2.45) is 0 Å². The van der Waals surface area contributed by atoms with Crippen molar-refractivity contribution in [1.82, 2.24) is 25.6 Å². The van der Waals surface area contributed by atoms with E-state index >= 15 is 0 Å². The highest BCUT2D eigenvalue weighted by atomic mass is 35.5. The predicted molar refractivity (Wildman–Crippen MR) is 112 cm³/mol. The fraction of sp³-hybridized carbons (Fsp3) is 0.619. The standard InChI is InChI=1S/C21H30ClN5O2/c22-17-6-4-5-16(13-17)18-14-19(24-23-18)21(29)27-11-9-25(10-12-27)15-20(28)26-7-2-1-3-8-26/h4-6,13,18-19,23-24H,1-3,7-12,14-15H2. The Kier molecular flexibility index (Phi) is 6.70. The van der Waals surface area contributed by atoms with Crippen molar-refractivity contribution in [2.45, 2.75) is 37.8 Å². The summed E-state index contributed by atoms with van der Waals surface area (Å²) in [6, 6.07) is 7.58. The van der Waals surface area contributed by atoms with E-state index in [2.05, 4.69) is 15.8 Å². The molecule has 2 amide bonds. The van der Waals surface area contributed by atoms with Crippen molar-refractivity contribution in [1.29, 1.82) is 0 Å². The fourth-order valence-electron chi connectivity index (χ4n) is 4.44. The van der Waals surface area contributed by atoms with Gasteiger partial charge in [0, 0.05) is 50.3 Å². The van der Waals surface area contributed by atoms with Gasteiger partial charge >= 0.3 is 0 Å². The molecule has 4 rings (SSSR count). The van der Waals surface area contributed by atoms with Gasteiger partial charge in [0.25, 0.3) is 0 Å². The van der Waals surface area contributed by atoms with Crippen molar-refractivity contribution in [3.8, 4) is 0 Å². The topological polar surface area (TPSA) is 67.9 Å². The lowest BCUT2D eigenvalue weighted by Crippen LogP contribution is -2.55. The molecule has 158 valence electrons. The van der Waals surface area contributed by atoms with E-state index in [4.69, 9.17) is 11.6 Å². The third kappa shape index (κ3) is 5.09. The Morgan fingerprint density at radius 1 is 0.966 bits per heavy atom. The van der Waals surface area contributed by atoms with Gasteiger partial charge in [-0.2, -0.15) is 0 Å². The zero-order valence-corrected chi connectivity index (χ0v) is 17.5. The number of rotatable bonds is 4. The molecule has 2 unspecified atom stereocenters. The number of piperidine rings is 1. The van der Waals surface area contributed by atoms with E-state index in [1.54, 1.807) is 0 Å². The normalized spacial score (nSPS) is 26.0. The van der Waals surface area contributed by atoms with Gasteiger partial charge < -0.3 is 9.80 Å². The van der Waals surface area contributed by atoms with E-state index in [1.807, 2.05) is 34.1 Å². The first-order valence-corrected chi connectivity index (χ1v) is 11.0. The Morgan fingerprint density at radius 3 is 2.45 bits per heavy atom. The number of carbonyl (C=O) groups is 2. The summed E-state index contributed by atoms with van der Waals surface area (Å²) in [6.07, 6.45) is 4.17. The average molecular weight is 420 g/mol. The molecule has 29 heavy (non-hydrogen) atoms. The summed E-state index contributed by atoms with van der Waals surface area (Å²) in [4.78, 5) is 31.5. The van der Waals surface area contributed by atoms with Gasteiger partial charge in [0.1, 0.15) is 6.04 Å². The van der Waals surface area contributed by atoms with Crippen LogP contribution >= 0.6 is 11.6 Å². The molecule has 1 aromatic rings. The van der Waals surface area contributed by atoms with Crippen molar-refractivity contribution < 1.29 is 9.59 Å². The number of amides is 2. The molecule has 3 aliphatic heterocycles. The summed E-state index contributed by atoms with van der Waals surface area (Å²) in [6.45, 7) is 5.11. The third-order valence-corrected chi connectivity index (χ3v) is 6.44. The maximum atomic E-state index is 12.9. The second-order valence-electron chi connectivity index (χ2n) is 8.23. The molecular formula is C21H30ClN5O2. The number of hydrogen-bond acceptors (Lipinski definition) is 5. The van der Waals surface area contributed by atoms with Gasteiger partial charge in [-0.1, -0.05) is 23.7 Å². The number of halogens is 1. The smallest absolute Gasteiger partial charge is 0.241 e. The highest BCUT2D eigenvalue weighted by molar-refractivity contribution is 6.30. The Bertz CT molecular complexity index is 732.